The van der Waals surface area contributed by atoms with E-state index in [4.69, 9.17) is 19.4 Å². The molecular weight excluding hydrogens is 484 g/mol. The van der Waals surface area contributed by atoms with Crippen molar-refractivity contribution in [1.29, 1.82) is 0 Å². The number of fused-ring (bicyclic) bond motifs is 1. The zero-order valence-electron chi connectivity index (χ0n) is 21.5. The first-order valence-corrected chi connectivity index (χ1v) is 13.6. The van der Waals surface area contributed by atoms with Gasteiger partial charge in [-0.15, -0.1) is 11.3 Å². The van der Waals surface area contributed by atoms with Crippen LogP contribution < -0.4 is 4.74 Å². The van der Waals surface area contributed by atoms with Crippen molar-refractivity contribution in [3.05, 3.63) is 64.3 Å². The molecule has 0 amide bonds. The van der Waals surface area contributed by atoms with Gasteiger partial charge >= 0.3 is 5.97 Å². The van der Waals surface area contributed by atoms with Gasteiger partial charge < -0.3 is 14.6 Å². The molecule has 0 radical (unpaired) electrons. The fraction of sp³-hybridized carbons (Fsp3) is 0.367. The van der Waals surface area contributed by atoms with Crippen molar-refractivity contribution in [3.63, 3.8) is 0 Å². The number of hydrogen-bond donors (Lipinski definition) is 1. The maximum absolute atomic E-state index is 12.7. The Morgan fingerprint density at radius 3 is 2.84 bits per heavy atom. The number of ether oxygens (including phenoxy) is 2. The number of carboxylic acid groups (broad SMARTS) is 1. The Balaban J connectivity index is 1.70. The summed E-state index contributed by atoms with van der Waals surface area (Å²) < 4.78 is 13.2. The van der Waals surface area contributed by atoms with Crippen LogP contribution in [0.4, 0.5) is 0 Å². The molecule has 1 aliphatic heterocycles. The van der Waals surface area contributed by atoms with Crippen molar-refractivity contribution in [3.8, 4) is 16.9 Å². The summed E-state index contributed by atoms with van der Waals surface area (Å²) in [5.74, 6) is 0.0967. The van der Waals surface area contributed by atoms with Gasteiger partial charge in [-0.2, -0.15) is 0 Å². The minimum atomic E-state index is -1.14. The zero-order valence-corrected chi connectivity index (χ0v) is 22.3. The molecule has 0 saturated heterocycles. The summed E-state index contributed by atoms with van der Waals surface area (Å²) >= 11 is 1.65. The maximum atomic E-state index is 12.7. The summed E-state index contributed by atoms with van der Waals surface area (Å²) in [4.78, 5) is 22.6. The molecule has 0 bridgehead atoms. The molecule has 6 rings (SSSR count). The van der Waals surface area contributed by atoms with E-state index in [0.29, 0.717) is 12.2 Å². The lowest BCUT2D eigenvalue weighted by Gasteiger charge is -2.28. The average Bonchev–Trinajstić information content (AvgIpc) is 3.52. The SMILES string of the molecule is Cc1cc2nc([C@@H]3C=CCC3)sc2c(-c2ccc3c4c(ccnc24)CCO3)c1[C@H](OC(C)(C)C)C(=O)O. The van der Waals surface area contributed by atoms with Crippen molar-refractivity contribution >= 4 is 38.4 Å². The lowest BCUT2D eigenvalue weighted by atomic mass is 9.89. The molecule has 190 valence electrons. The molecule has 1 aliphatic carbocycles. The number of carboxylic acids is 1. The van der Waals surface area contributed by atoms with E-state index in [0.717, 1.165) is 67.8 Å². The highest BCUT2D eigenvalue weighted by Gasteiger charge is 2.33. The van der Waals surface area contributed by atoms with E-state index < -0.39 is 17.7 Å². The Morgan fingerprint density at radius 2 is 2.11 bits per heavy atom. The second-order valence-electron chi connectivity index (χ2n) is 10.8. The highest BCUT2D eigenvalue weighted by atomic mass is 32.1. The molecule has 37 heavy (non-hydrogen) atoms. The summed E-state index contributed by atoms with van der Waals surface area (Å²) in [6, 6.07) is 8.06. The highest BCUT2D eigenvalue weighted by molar-refractivity contribution is 7.19. The number of nitrogens with zero attached hydrogens (tertiary/aromatic N) is 2. The minimum Gasteiger partial charge on any atom is -0.493 e. The van der Waals surface area contributed by atoms with Crippen LogP contribution in [0.25, 0.3) is 32.2 Å². The third-order valence-electron chi connectivity index (χ3n) is 7.07. The molecule has 3 heterocycles. The quantitative estimate of drug-likeness (QED) is 0.285. The van der Waals surface area contributed by atoms with Crippen LogP contribution in [0.2, 0.25) is 0 Å². The Labute approximate surface area is 220 Å². The van der Waals surface area contributed by atoms with E-state index in [-0.39, 0.29) is 5.92 Å². The first-order valence-electron chi connectivity index (χ1n) is 12.8. The molecule has 2 aromatic carbocycles. The summed E-state index contributed by atoms with van der Waals surface area (Å²) in [6.45, 7) is 8.24. The predicted molar refractivity (Wildman–Crippen MR) is 147 cm³/mol. The van der Waals surface area contributed by atoms with Crippen molar-refractivity contribution < 1.29 is 19.4 Å². The van der Waals surface area contributed by atoms with Gasteiger partial charge in [-0.1, -0.05) is 12.2 Å². The fourth-order valence-electron chi connectivity index (χ4n) is 5.52. The topological polar surface area (TPSA) is 81.5 Å². The van der Waals surface area contributed by atoms with Crippen LogP contribution >= 0.6 is 11.3 Å². The zero-order chi connectivity index (χ0) is 25.9. The monoisotopic (exact) mass is 514 g/mol. The molecule has 1 N–H and O–H groups in total. The molecule has 2 aliphatic rings. The number of aromatic nitrogens is 2. The van der Waals surface area contributed by atoms with Crippen LogP contribution in [0.3, 0.4) is 0 Å². The molecule has 4 aromatic rings. The van der Waals surface area contributed by atoms with Crippen LogP contribution in [0.15, 0.2) is 42.6 Å². The number of carbonyl (C=O) groups is 1. The van der Waals surface area contributed by atoms with Crippen LogP contribution in [0.1, 0.15) is 67.3 Å². The number of pyridine rings is 1. The van der Waals surface area contributed by atoms with Gasteiger partial charge in [0, 0.05) is 40.6 Å². The molecule has 6 nitrogen and oxygen atoms in total. The average molecular weight is 515 g/mol. The van der Waals surface area contributed by atoms with Crippen molar-refractivity contribution in [2.75, 3.05) is 6.61 Å². The van der Waals surface area contributed by atoms with Crippen molar-refractivity contribution in [2.45, 2.75) is 64.6 Å². The molecule has 0 fully saturated rings. The number of thiazole rings is 1. The predicted octanol–water partition coefficient (Wildman–Crippen LogP) is 7.13. The fourth-order valence-corrected chi connectivity index (χ4v) is 6.75. The van der Waals surface area contributed by atoms with Crippen molar-refractivity contribution in [1.82, 2.24) is 9.97 Å². The standard InChI is InChI=1S/C30H30N2O4S/c1-16-15-20-27(37-28(32-20)18-7-5-6-8-18)24(22(16)26(29(33)34)36-30(2,3)4)19-9-10-21-23-17(12-14-35-21)11-13-31-25(19)23/h5,7,9-11,13,15,18,26H,6,8,12,14H2,1-4H3,(H,33,34)/t18-,26+/m1/s1. The van der Waals surface area contributed by atoms with E-state index in [1.54, 1.807) is 11.3 Å². The number of rotatable bonds is 5. The third kappa shape index (κ3) is 4.20. The first-order chi connectivity index (χ1) is 17.7. The highest BCUT2D eigenvalue weighted by Crippen LogP contribution is 2.47. The Bertz CT molecular complexity index is 1570. The molecule has 2 atom stereocenters. The molecule has 2 aromatic heterocycles. The van der Waals surface area contributed by atoms with Gasteiger partial charge in [-0.05, 0) is 75.9 Å². The molecule has 7 heteroatoms. The van der Waals surface area contributed by atoms with E-state index in [1.165, 1.54) is 5.56 Å². The van der Waals surface area contributed by atoms with Crippen molar-refractivity contribution in [2.24, 2.45) is 0 Å². The number of aliphatic carboxylic acids is 1. The van der Waals surface area contributed by atoms with E-state index >= 15 is 0 Å². The first kappa shape index (κ1) is 24.1. The van der Waals surface area contributed by atoms with Crippen LogP contribution in [0, 0.1) is 6.92 Å². The second-order valence-corrected chi connectivity index (χ2v) is 11.9. The third-order valence-corrected chi connectivity index (χ3v) is 8.29. The summed E-state index contributed by atoms with van der Waals surface area (Å²) in [5.41, 5.74) is 5.48. The van der Waals surface area contributed by atoms with Gasteiger partial charge in [0.1, 0.15) is 10.8 Å². The van der Waals surface area contributed by atoms with E-state index in [2.05, 4.69) is 12.2 Å². The number of hydrogen-bond acceptors (Lipinski definition) is 6. The largest absolute Gasteiger partial charge is 0.493 e. The van der Waals surface area contributed by atoms with Crippen LogP contribution in [0.5, 0.6) is 5.75 Å². The van der Waals surface area contributed by atoms with Gasteiger partial charge in [0.15, 0.2) is 6.10 Å². The Morgan fingerprint density at radius 1 is 1.27 bits per heavy atom. The summed E-state index contributed by atoms with van der Waals surface area (Å²) in [5, 5.41) is 12.5. The molecule has 0 spiro atoms. The van der Waals surface area contributed by atoms with Gasteiger partial charge in [-0.25, -0.2) is 9.78 Å². The van der Waals surface area contributed by atoms with E-state index in [9.17, 15) is 9.90 Å². The van der Waals surface area contributed by atoms with Gasteiger partial charge in [-0.3, -0.25) is 4.98 Å². The van der Waals surface area contributed by atoms with E-state index in [1.807, 2.05) is 58.2 Å². The second kappa shape index (κ2) is 8.92. The number of allylic oxidation sites excluding steroid dienone is 2. The van der Waals surface area contributed by atoms with Gasteiger partial charge in [0.05, 0.1) is 27.9 Å². The molecule has 0 unspecified atom stereocenters. The summed E-state index contributed by atoms with van der Waals surface area (Å²) in [6.07, 6.45) is 8.05. The number of aryl methyl sites for hydroxylation is 1. The Hall–Kier alpha value is -3.29. The minimum absolute atomic E-state index is 0.290. The normalized spacial score (nSPS) is 17.9. The Kier molecular flexibility index (Phi) is 5.81. The lowest BCUT2D eigenvalue weighted by Crippen LogP contribution is -2.28. The molecule has 0 saturated carbocycles. The van der Waals surface area contributed by atoms with Gasteiger partial charge in [0.25, 0.3) is 0 Å². The van der Waals surface area contributed by atoms with Crippen LogP contribution in [-0.2, 0) is 16.0 Å². The van der Waals surface area contributed by atoms with Crippen LogP contribution in [-0.4, -0.2) is 33.3 Å². The molecular formula is C30H30N2O4S. The van der Waals surface area contributed by atoms with Gasteiger partial charge in [0.2, 0.25) is 0 Å². The lowest BCUT2D eigenvalue weighted by molar-refractivity contribution is -0.160. The smallest absolute Gasteiger partial charge is 0.337 e. The maximum Gasteiger partial charge on any atom is 0.337 e. The summed E-state index contributed by atoms with van der Waals surface area (Å²) in [7, 11) is 0. The number of benzene rings is 2.